The highest BCUT2D eigenvalue weighted by atomic mass is 79.9. The van der Waals surface area contributed by atoms with Gasteiger partial charge in [-0.15, -0.1) is 10.2 Å². The molecule has 3 aromatic carbocycles. The van der Waals surface area contributed by atoms with Gasteiger partial charge in [0.2, 0.25) is 0 Å². The Kier molecular flexibility index (Phi) is 7.39. The molecule has 0 radical (unpaired) electrons. The maximum atomic E-state index is 13.4. The number of hydrogen-bond acceptors (Lipinski definition) is 4. The van der Waals surface area contributed by atoms with Crippen molar-refractivity contribution in [3.8, 4) is 5.69 Å². The zero-order valence-corrected chi connectivity index (χ0v) is 20.6. The Hall–Kier alpha value is -2.49. The SMILES string of the molecule is O=C(NCc1nnc(SCc2ccc(Br)cc2)n1-c1ccc(Br)cc1)c1cccc(F)c1. The van der Waals surface area contributed by atoms with E-state index < -0.39 is 5.82 Å². The van der Waals surface area contributed by atoms with E-state index in [4.69, 9.17) is 0 Å². The predicted octanol–water partition coefficient (Wildman–Crippen LogP) is 6.15. The molecule has 0 unspecified atom stereocenters. The minimum atomic E-state index is -0.456. The average Bonchev–Trinajstić information content (AvgIpc) is 3.20. The van der Waals surface area contributed by atoms with Crippen LogP contribution in [0.15, 0.2) is 86.9 Å². The molecule has 1 N–H and O–H groups in total. The number of hydrogen-bond donors (Lipinski definition) is 1. The van der Waals surface area contributed by atoms with Gasteiger partial charge in [0, 0.05) is 25.9 Å². The molecule has 1 heterocycles. The second-order valence-corrected chi connectivity index (χ2v) is 9.59. The number of rotatable bonds is 7. The summed E-state index contributed by atoms with van der Waals surface area (Å²) in [4.78, 5) is 12.5. The highest BCUT2D eigenvalue weighted by Gasteiger charge is 2.16. The lowest BCUT2D eigenvalue weighted by Gasteiger charge is -2.11. The van der Waals surface area contributed by atoms with E-state index in [9.17, 15) is 9.18 Å². The molecular formula is C23H17Br2FN4OS. The van der Waals surface area contributed by atoms with Gasteiger partial charge in [0.05, 0.1) is 6.54 Å². The number of amides is 1. The smallest absolute Gasteiger partial charge is 0.251 e. The molecule has 0 aliphatic rings. The quantitative estimate of drug-likeness (QED) is 0.268. The van der Waals surface area contributed by atoms with E-state index >= 15 is 0 Å². The molecule has 0 aliphatic carbocycles. The lowest BCUT2D eigenvalue weighted by atomic mass is 10.2. The zero-order valence-electron chi connectivity index (χ0n) is 16.6. The van der Waals surface area contributed by atoms with Crippen molar-refractivity contribution in [3.63, 3.8) is 0 Å². The number of thioether (sulfide) groups is 1. The predicted molar refractivity (Wildman–Crippen MR) is 130 cm³/mol. The van der Waals surface area contributed by atoms with Gasteiger partial charge in [0.1, 0.15) is 5.82 Å². The molecule has 32 heavy (non-hydrogen) atoms. The normalized spacial score (nSPS) is 10.8. The second kappa shape index (κ2) is 10.4. The third kappa shape index (κ3) is 5.65. The summed E-state index contributed by atoms with van der Waals surface area (Å²) in [6.07, 6.45) is 0. The zero-order chi connectivity index (χ0) is 22.5. The fraction of sp³-hybridized carbons (Fsp3) is 0.0870. The van der Waals surface area contributed by atoms with Gasteiger partial charge in [-0.05, 0) is 60.2 Å². The van der Waals surface area contributed by atoms with Crippen molar-refractivity contribution < 1.29 is 9.18 Å². The van der Waals surface area contributed by atoms with Crippen LogP contribution in [-0.2, 0) is 12.3 Å². The molecule has 5 nitrogen and oxygen atoms in total. The molecule has 4 aromatic rings. The second-order valence-electron chi connectivity index (χ2n) is 6.82. The molecule has 0 saturated carbocycles. The summed E-state index contributed by atoms with van der Waals surface area (Å²) in [5.41, 5.74) is 2.29. The summed E-state index contributed by atoms with van der Waals surface area (Å²) in [5.74, 6) is 0.467. The molecular weight excluding hydrogens is 559 g/mol. The Labute approximate surface area is 205 Å². The van der Waals surface area contributed by atoms with Crippen LogP contribution in [0.25, 0.3) is 5.69 Å². The van der Waals surface area contributed by atoms with Gasteiger partial charge in [0.15, 0.2) is 11.0 Å². The van der Waals surface area contributed by atoms with Gasteiger partial charge in [-0.1, -0.05) is 61.8 Å². The third-order valence-corrected chi connectivity index (χ3v) is 6.62. The van der Waals surface area contributed by atoms with Gasteiger partial charge >= 0.3 is 0 Å². The fourth-order valence-corrected chi connectivity index (χ4v) is 4.43. The minimum absolute atomic E-state index is 0.150. The van der Waals surface area contributed by atoms with Gasteiger partial charge in [-0.3, -0.25) is 9.36 Å². The molecule has 1 amide bonds. The topological polar surface area (TPSA) is 59.8 Å². The molecule has 162 valence electrons. The van der Waals surface area contributed by atoms with Crippen LogP contribution in [0.2, 0.25) is 0 Å². The Bertz CT molecular complexity index is 1230. The van der Waals surface area contributed by atoms with Crippen molar-refractivity contribution in [2.24, 2.45) is 0 Å². The van der Waals surface area contributed by atoms with Gasteiger partial charge in [-0.25, -0.2) is 4.39 Å². The maximum absolute atomic E-state index is 13.4. The molecule has 0 spiro atoms. The van der Waals surface area contributed by atoms with E-state index in [0.717, 1.165) is 25.9 Å². The van der Waals surface area contributed by atoms with E-state index in [1.54, 1.807) is 17.8 Å². The summed E-state index contributed by atoms with van der Waals surface area (Å²) < 4.78 is 17.3. The maximum Gasteiger partial charge on any atom is 0.251 e. The van der Waals surface area contributed by atoms with Crippen molar-refractivity contribution in [1.29, 1.82) is 0 Å². The number of halogens is 3. The minimum Gasteiger partial charge on any atom is -0.345 e. The van der Waals surface area contributed by atoms with E-state index in [-0.39, 0.29) is 18.0 Å². The summed E-state index contributed by atoms with van der Waals surface area (Å²) in [6, 6.07) is 21.5. The van der Waals surface area contributed by atoms with Crippen LogP contribution < -0.4 is 5.32 Å². The summed E-state index contributed by atoms with van der Waals surface area (Å²) in [6.45, 7) is 0.150. The largest absolute Gasteiger partial charge is 0.345 e. The van der Waals surface area contributed by atoms with E-state index in [0.29, 0.717) is 11.0 Å². The van der Waals surface area contributed by atoms with Crippen LogP contribution in [0.1, 0.15) is 21.7 Å². The Morgan fingerprint density at radius 3 is 2.34 bits per heavy atom. The average molecular weight is 576 g/mol. The van der Waals surface area contributed by atoms with Gasteiger partial charge in [0.25, 0.3) is 5.91 Å². The summed E-state index contributed by atoms with van der Waals surface area (Å²) >= 11 is 8.47. The molecule has 0 bridgehead atoms. The molecule has 9 heteroatoms. The van der Waals surface area contributed by atoms with Crippen LogP contribution >= 0.6 is 43.6 Å². The number of carbonyl (C=O) groups is 1. The van der Waals surface area contributed by atoms with Crippen molar-refractivity contribution >= 4 is 49.5 Å². The monoisotopic (exact) mass is 574 g/mol. The highest BCUT2D eigenvalue weighted by molar-refractivity contribution is 9.10. The Morgan fingerprint density at radius 1 is 0.969 bits per heavy atom. The van der Waals surface area contributed by atoms with Crippen LogP contribution in [0.4, 0.5) is 4.39 Å². The van der Waals surface area contributed by atoms with Crippen molar-refractivity contribution in [2.45, 2.75) is 17.5 Å². The van der Waals surface area contributed by atoms with E-state index in [1.807, 2.05) is 41.0 Å². The Balaban J connectivity index is 1.56. The molecule has 0 fully saturated rings. The number of nitrogens with one attached hydrogen (secondary N) is 1. The van der Waals surface area contributed by atoms with Gasteiger partial charge < -0.3 is 5.32 Å². The fourth-order valence-electron chi connectivity index (χ4n) is 2.98. The first kappa shape index (κ1) is 22.7. The summed E-state index contributed by atoms with van der Waals surface area (Å²) in [5, 5.41) is 12.2. The van der Waals surface area contributed by atoms with E-state index in [1.165, 1.54) is 18.2 Å². The van der Waals surface area contributed by atoms with Crippen LogP contribution in [0.3, 0.4) is 0 Å². The first-order chi connectivity index (χ1) is 15.5. The van der Waals surface area contributed by atoms with Crippen LogP contribution in [-0.4, -0.2) is 20.7 Å². The van der Waals surface area contributed by atoms with Crippen molar-refractivity contribution in [3.05, 3.63) is 105 Å². The molecule has 0 saturated heterocycles. The number of carbonyl (C=O) groups excluding carboxylic acids is 1. The molecule has 0 aliphatic heterocycles. The highest BCUT2D eigenvalue weighted by Crippen LogP contribution is 2.26. The van der Waals surface area contributed by atoms with Crippen molar-refractivity contribution in [2.75, 3.05) is 0 Å². The third-order valence-electron chi connectivity index (χ3n) is 4.56. The van der Waals surface area contributed by atoms with Gasteiger partial charge in [-0.2, -0.15) is 0 Å². The van der Waals surface area contributed by atoms with E-state index in [2.05, 4.69) is 59.5 Å². The number of aromatic nitrogens is 3. The lowest BCUT2D eigenvalue weighted by molar-refractivity contribution is 0.0949. The van der Waals surface area contributed by atoms with Crippen LogP contribution in [0.5, 0.6) is 0 Å². The van der Waals surface area contributed by atoms with Crippen molar-refractivity contribution in [1.82, 2.24) is 20.1 Å². The lowest BCUT2D eigenvalue weighted by Crippen LogP contribution is -2.24. The molecule has 4 rings (SSSR count). The molecule has 0 atom stereocenters. The first-order valence-electron chi connectivity index (χ1n) is 9.61. The summed E-state index contributed by atoms with van der Waals surface area (Å²) in [7, 11) is 0. The Morgan fingerprint density at radius 2 is 1.66 bits per heavy atom. The standard InChI is InChI=1S/C23H17Br2FN4OS/c24-17-6-4-15(5-7-17)14-32-23-29-28-21(30(23)20-10-8-18(25)9-11-20)13-27-22(31)16-2-1-3-19(26)12-16/h1-12H,13-14H2,(H,27,31). The first-order valence-corrected chi connectivity index (χ1v) is 12.2. The molecule has 1 aromatic heterocycles. The number of benzene rings is 3. The number of nitrogens with zero attached hydrogens (tertiary/aromatic N) is 3. The van der Waals surface area contributed by atoms with Crippen LogP contribution in [0, 0.1) is 5.82 Å².